The second kappa shape index (κ2) is 5.81. The van der Waals surface area contributed by atoms with Crippen LogP contribution in [0.2, 0.25) is 5.02 Å². The Morgan fingerprint density at radius 3 is 2.89 bits per heavy atom. The van der Waals surface area contributed by atoms with Crippen LogP contribution < -0.4 is 10.6 Å². The first-order valence-electron chi connectivity index (χ1n) is 6.56. The van der Waals surface area contributed by atoms with Gasteiger partial charge in [0.2, 0.25) is 0 Å². The van der Waals surface area contributed by atoms with Gasteiger partial charge in [-0.2, -0.15) is 0 Å². The molecule has 3 N–H and O–H groups in total. The summed E-state index contributed by atoms with van der Waals surface area (Å²) in [5.41, 5.74) is 8.67. The van der Waals surface area contributed by atoms with E-state index in [0.717, 1.165) is 30.6 Å². The number of aryl methyl sites for hydroxylation is 1. The van der Waals surface area contributed by atoms with Gasteiger partial charge in [0.1, 0.15) is 0 Å². The highest BCUT2D eigenvalue weighted by molar-refractivity contribution is 6.33. The minimum Gasteiger partial charge on any atom is -0.398 e. The van der Waals surface area contributed by atoms with Gasteiger partial charge in [-0.05, 0) is 37.5 Å². The number of rotatable bonds is 2. The minimum absolute atomic E-state index is 0.196. The SMILES string of the molecule is Cc1cc(N)c(Cl)cc1N1CCCCCC1CO. The number of halogens is 1. The molecular formula is C14H21ClN2O. The van der Waals surface area contributed by atoms with Crippen molar-refractivity contribution in [1.29, 1.82) is 0 Å². The Morgan fingerprint density at radius 2 is 2.17 bits per heavy atom. The molecule has 1 unspecified atom stereocenters. The molecule has 1 aliphatic heterocycles. The van der Waals surface area contributed by atoms with Crippen molar-refractivity contribution in [2.75, 3.05) is 23.8 Å². The Bertz CT molecular complexity index is 423. The van der Waals surface area contributed by atoms with E-state index in [1.807, 2.05) is 19.1 Å². The summed E-state index contributed by atoms with van der Waals surface area (Å²) >= 11 is 6.12. The lowest BCUT2D eigenvalue weighted by molar-refractivity contribution is 0.255. The Kier molecular flexibility index (Phi) is 4.36. The number of hydrogen-bond acceptors (Lipinski definition) is 3. The van der Waals surface area contributed by atoms with Crippen molar-refractivity contribution < 1.29 is 5.11 Å². The molecule has 100 valence electrons. The lowest BCUT2D eigenvalue weighted by atomic mass is 10.1. The third kappa shape index (κ3) is 2.73. The number of anilines is 2. The van der Waals surface area contributed by atoms with E-state index in [9.17, 15) is 5.11 Å². The van der Waals surface area contributed by atoms with Crippen LogP contribution in [-0.2, 0) is 0 Å². The Labute approximate surface area is 114 Å². The number of nitrogens with zero attached hydrogens (tertiary/aromatic N) is 1. The quantitative estimate of drug-likeness (QED) is 0.811. The summed E-state index contributed by atoms with van der Waals surface area (Å²) in [5, 5.41) is 10.2. The first-order valence-corrected chi connectivity index (χ1v) is 6.94. The Morgan fingerprint density at radius 1 is 1.39 bits per heavy atom. The second-order valence-electron chi connectivity index (χ2n) is 5.04. The number of hydrogen-bond donors (Lipinski definition) is 2. The molecule has 0 radical (unpaired) electrons. The van der Waals surface area contributed by atoms with Gasteiger partial charge in [-0.3, -0.25) is 0 Å². The number of nitrogens with two attached hydrogens (primary N) is 1. The van der Waals surface area contributed by atoms with E-state index < -0.39 is 0 Å². The van der Waals surface area contributed by atoms with Crippen molar-refractivity contribution in [2.24, 2.45) is 0 Å². The van der Waals surface area contributed by atoms with Crippen LogP contribution in [0.1, 0.15) is 31.2 Å². The molecule has 0 spiro atoms. The summed E-state index contributed by atoms with van der Waals surface area (Å²) in [4.78, 5) is 2.29. The maximum atomic E-state index is 9.56. The van der Waals surface area contributed by atoms with E-state index in [1.165, 1.54) is 12.8 Å². The van der Waals surface area contributed by atoms with Crippen LogP contribution in [-0.4, -0.2) is 24.3 Å². The normalized spacial score (nSPS) is 20.8. The van der Waals surface area contributed by atoms with Gasteiger partial charge in [0.05, 0.1) is 23.4 Å². The fourth-order valence-corrected chi connectivity index (χ4v) is 2.84. The number of benzene rings is 1. The molecule has 2 rings (SSSR count). The van der Waals surface area contributed by atoms with Gasteiger partial charge >= 0.3 is 0 Å². The molecule has 0 amide bonds. The molecule has 1 aromatic rings. The van der Waals surface area contributed by atoms with Gasteiger partial charge in [-0.25, -0.2) is 0 Å². The van der Waals surface area contributed by atoms with Crippen molar-refractivity contribution in [3.63, 3.8) is 0 Å². The fraction of sp³-hybridized carbons (Fsp3) is 0.571. The number of nitrogen functional groups attached to an aromatic ring is 1. The summed E-state index contributed by atoms with van der Waals surface area (Å²) in [6.45, 7) is 3.22. The summed E-state index contributed by atoms with van der Waals surface area (Å²) in [6, 6.07) is 4.04. The summed E-state index contributed by atoms with van der Waals surface area (Å²) < 4.78 is 0. The molecule has 4 heteroatoms. The van der Waals surface area contributed by atoms with Gasteiger partial charge in [0, 0.05) is 12.2 Å². The molecule has 1 atom stereocenters. The minimum atomic E-state index is 0.196. The Hall–Kier alpha value is -0.930. The molecule has 1 aliphatic rings. The summed E-state index contributed by atoms with van der Waals surface area (Å²) in [6.07, 6.45) is 4.62. The van der Waals surface area contributed by atoms with Crippen LogP contribution in [0.3, 0.4) is 0 Å². The van der Waals surface area contributed by atoms with Crippen molar-refractivity contribution in [3.8, 4) is 0 Å². The summed E-state index contributed by atoms with van der Waals surface area (Å²) in [5.74, 6) is 0. The molecule has 0 aliphatic carbocycles. The summed E-state index contributed by atoms with van der Waals surface area (Å²) in [7, 11) is 0. The van der Waals surface area contributed by atoms with Crippen LogP contribution in [0, 0.1) is 6.92 Å². The second-order valence-corrected chi connectivity index (χ2v) is 5.45. The smallest absolute Gasteiger partial charge is 0.0656 e. The van der Waals surface area contributed by atoms with Crippen LogP contribution in [0.25, 0.3) is 0 Å². The molecule has 0 bridgehead atoms. The van der Waals surface area contributed by atoms with Crippen LogP contribution in [0.4, 0.5) is 11.4 Å². The standard InChI is InChI=1S/C14H21ClN2O/c1-10-7-13(16)12(15)8-14(10)17-6-4-2-3-5-11(17)9-18/h7-8,11,18H,2-6,9,16H2,1H3. The first-order chi connectivity index (χ1) is 8.63. The molecule has 0 aromatic heterocycles. The fourth-order valence-electron chi connectivity index (χ4n) is 2.69. The maximum absolute atomic E-state index is 9.56. The van der Waals surface area contributed by atoms with E-state index >= 15 is 0 Å². The van der Waals surface area contributed by atoms with E-state index in [0.29, 0.717) is 10.7 Å². The highest BCUT2D eigenvalue weighted by atomic mass is 35.5. The molecule has 1 heterocycles. The third-order valence-corrected chi connectivity index (χ3v) is 4.04. The zero-order valence-corrected chi connectivity index (χ0v) is 11.6. The molecule has 1 fully saturated rings. The predicted octanol–water partition coefficient (Wildman–Crippen LogP) is 2.97. The molecule has 1 aromatic carbocycles. The maximum Gasteiger partial charge on any atom is 0.0656 e. The largest absolute Gasteiger partial charge is 0.398 e. The molecule has 18 heavy (non-hydrogen) atoms. The highest BCUT2D eigenvalue weighted by Gasteiger charge is 2.22. The van der Waals surface area contributed by atoms with Gasteiger partial charge < -0.3 is 15.7 Å². The van der Waals surface area contributed by atoms with Crippen LogP contribution in [0.15, 0.2) is 12.1 Å². The van der Waals surface area contributed by atoms with E-state index in [4.69, 9.17) is 17.3 Å². The van der Waals surface area contributed by atoms with Gasteiger partial charge in [-0.1, -0.05) is 24.4 Å². The average molecular weight is 269 g/mol. The number of aliphatic hydroxyl groups excluding tert-OH is 1. The van der Waals surface area contributed by atoms with Gasteiger partial charge in [-0.15, -0.1) is 0 Å². The molecule has 3 nitrogen and oxygen atoms in total. The van der Waals surface area contributed by atoms with Gasteiger partial charge in [0.15, 0.2) is 0 Å². The molecule has 0 saturated carbocycles. The molecule has 1 saturated heterocycles. The predicted molar refractivity (Wildman–Crippen MR) is 77.3 cm³/mol. The number of aliphatic hydroxyl groups is 1. The lowest BCUT2D eigenvalue weighted by Gasteiger charge is -2.32. The van der Waals surface area contributed by atoms with Crippen molar-refractivity contribution >= 4 is 23.0 Å². The van der Waals surface area contributed by atoms with Crippen LogP contribution >= 0.6 is 11.6 Å². The van der Waals surface area contributed by atoms with Gasteiger partial charge in [0.25, 0.3) is 0 Å². The lowest BCUT2D eigenvalue weighted by Crippen LogP contribution is -2.38. The molecular weight excluding hydrogens is 248 g/mol. The monoisotopic (exact) mass is 268 g/mol. The average Bonchev–Trinajstić information content (AvgIpc) is 2.58. The van der Waals surface area contributed by atoms with Crippen molar-refractivity contribution in [3.05, 3.63) is 22.7 Å². The van der Waals surface area contributed by atoms with Crippen molar-refractivity contribution in [1.82, 2.24) is 0 Å². The van der Waals surface area contributed by atoms with E-state index in [1.54, 1.807) is 0 Å². The zero-order chi connectivity index (χ0) is 13.1. The Balaban J connectivity index is 2.35. The first kappa shape index (κ1) is 13.5. The van der Waals surface area contributed by atoms with Crippen molar-refractivity contribution in [2.45, 2.75) is 38.6 Å². The highest BCUT2D eigenvalue weighted by Crippen LogP contribution is 2.32. The van der Waals surface area contributed by atoms with E-state index in [-0.39, 0.29) is 12.6 Å². The topological polar surface area (TPSA) is 49.5 Å². The van der Waals surface area contributed by atoms with E-state index in [2.05, 4.69) is 4.90 Å². The van der Waals surface area contributed by atoms with Crippen LogP contribution in [0.5, 0.6) is 0 Å². The zero-order valence-electron chi connectivity index (χ0n) is 10.8. The third-order valence-electron chi connectivity index (χ3n) is 3.71.